The summed E-state index contributed by atoms with van der Waals surface area (Å²) in [7, 11) is -0.329. The van der Waals surface area contributed by atoms with Crippen LogP contribution in [-0.2, 0) is 10.0 Å². The molecule has 1 N–H and O–H groups in total. The van der Waals surface area contributed by atoms with Gasteiger partial charge in [0.1, 0.15) is 5.75 Å². The number of hydrogen-bond acceptors (Lipinski definition) is 4. The molecule has 0 aliphatic carbocycles. The van der Waals surface area contributed by atoms with E-state index in [1.54, 1.807) is 31.3 Å². The quantitative estimate of drug-likeness (QED) is 0.735. The SMILES string of the molecule is COc1ccc(S(=O)(=O)N(C)CCCCCO)cc1. The van der Waals surface area contributed by atoms with Gasteiger partial charge >= 0.3 is 0 Å². The summed E-state index contributed by atoms with van der Waals surface area (Å²) in [5, 5.41) is 8.68. The number of hydrogen-bond donors (Lipinski definition) is 1. The van der Waals surface area contributed by atoms with E-state index in [0.29, 0.717) is 18.7 Å². The molecule has 0 radical (unpaired) electrons. The zero-order chi connectivity index (χ0) is 14.3. The minimum atomic E-state index is -3.44. The van der Waals surface area contributed by atoms with Gasteiger partial charge in [-0.15, -0.1) is 0 Å². The number of methoxy groups -OCH3 is 1. The van der Waals surface area contributed by atoms with Gasteiger partial charge in [0.2, 0.25) is 10.0 Å². The fourth-order valence-electron chi connectivity index (χ4n) is 1.67. The highest BCUT2D eigenvalue weighted by Crippen LogP contribution is 2.18. The highest BCUT2D eigenvalue weighted by molar-refractivity contribution is 7.89. The second-order valence-electron chi connectivity index (χ2n) is 4.29. The second kappa shape index (κ2) is 7.47. The lowest BCUT2D eigenvalue weighted by Gasteiger charge is -2.17. The third kappa shape index (κ3) is 4.49. The molecule has 0 amide bonds. The van der Waals surface area contributed by atoms with Crippen LogP contribution in [0, 0.1) is 0 Å². The first kappa shape index (κ1) is 15.9. The van der Waals surface area contributed by atoms with Crippen molar-refractivity contribution in [2.24, 2.45) is 0 Å². The molecule has 0 saturated heterocycles. The van der Waals surface area contributed by atoms with Gasteiger partial charge in [0, 0.05) is 20.2 Å². The van der Waals surface area contributed by atoms with Crippen LogP contribution in [0.4, 0.5) is 0 Å². The molecule has 6 heteroatoms. The van der Waals surface area contributed by atoms with Crippen LogP contribution in [0.3, 0.4) is 0 Å². The largest absolute Gasteiger partial charge is 0.497 e. The molecule has 0 heterocycles. The van der Waals surface area contributed by atoms with Gasteiger partial charge in [-0.05, 0) is 43.5 Å². The van der Waals surface area contributed by atoms with E-state index in [4.69, 9.17) is 9.84 Å². The molecule has 0 spiro atoms. The molecule has 0 aliphatic heterocycles. The van der Waals surface area contributed by atoms with Crippen LogP contribution in [0.1, 0.15) is 19.3 Å². The maximum Gasteiger partial charge on any atom is 0.242 e. The standard InChI is InChI=1S/C13H21NO4S/c1-14(10-4-3-5-11-15)19(16,17)13-8-6-12(18-2)7-9-13/h6-9,15H,3-5,10-11H2,1-2H3. The van der Waals surface area contributed by atoms with E-state index in [0.717, 1.165) is 12.8 Å². The van der Waals surface area contributed by atoms with Crippen LogP contribution in [0.5, 0.6) is 5.75 Å². The Bertz CT molecular complexity index is 470. The molecule has 0 bridgehead atoms. The first-order valence-corrected chi connectivity index (χ1v) is 7.67. The summed E-state index contributed by atoms with van der Waals surface area (Å²) in [6.07, 6.45) is 2.27. The van der Waals surface area contributed by atoms with Gasteiger partial charge in [0.15, 0.2) is 0 Å². The van der Waals surface area contributed by atoms with Crippen molar-refractivity contribution in [1.29, 1.82) is 0 Å². The van der Waals surface area contributed by atoms with Gasteiger partial charge in [-0.2, -0.15) is 0 Å². The summed E-state index contributed by atoms with van der Waals surface area (Å²) in [5.74, 6) is 0.629. The van der Waals surface area contributed by atoms with Gasteiger partial charge in [-0.3, -0.25) is 0 Å². The number of ether oxygens (including phenoxy) is 1. The molecule has 0 saturated carbocycles. The van der Waals surface area contributed by atoms with Crippen molar-refractivity contribution < 1.29 is 18.3 Å². The lowest BCUT2D eigenvalue weighted by atomic mass is 10.2. The predicted molar refractivity (Wildman–Crippen MR) is 73.7 cm³/mol. The van der Waals surface area contributed by atoms with Gasteiger partial charge in [0.25, 0.3) is 0 Å². The van der Waals surface area contributed by atoms with E-state index in [-0.39, 0.29) is 11.5 Å². The maximum atomic E-state index is 12.2. The molecule has 0 aromatic heterocycles. The van der Waals surface area contributed by atoms with Gasteiger partial charge < -0.3 is 9.84 Å². The van der Waals surface area contributed by atoms with Crippen molar-refractivity contribution in [3.63, 3.8) is 0 Å². The Morgan fingerprint density at radius 3 is 2.32 bits per heavy atom. The molecule has 0 unspecified atom stereocenters. The Labute approximate surface area is 114 Å². The molecule has 1 aromatic carbocycles. The number of sulfonamides is 1. The van der Waals surface area contributed by atoms with Crippen molar-refractivity contribution >= 4 is 10.0 Å². The number of benzene rings is 1. The molecular weight excluding hydrogens is 266 g/mol. The number of aliphatic hydroxyl groups is 1. The summed E-state index contributed by atoms with van der Waals surface area (Å²) >= 11 is 0. The third-order valence-electron chi connectivity index (χ3n) is 2.90. The van der Waals surface area contributed by atoms with E-state index in [1.165, 1.54) is 11.4 Å². The molecule has 0 atom stereocenters. The fourth-order valence-corrected chi connectivity index (χ4v) is 2.88. The van der Waals surface area contributed by atoms with Crippen LogP contribution >= 0.6 is 0 Å². The van der Waals surface area contributed by atoms with Gasteiger partial charge in [0.05, 0.1) is 12.0 Å². The van der Waals surface area contributed by atoms with E-state index < -0.39 is 10.0 Å². The van der Waals surface area contributed by atoms with Crippen LogP contribution in [0.25, 0.3) is 0 Å². The normalized spacial score (nSPS) is 11.8. The lowest BCUT2D eigenvalue weighted by Crippen LogP contribution is -2.28. The first-order chi connectivity index (χ1) is 9.02. The predicted octanol–water partition coefficient (Wildman–Crippen LogP) is 1.48. The monoisotopic (exact) mass is 287 g/mol. The van der Waals surface area contributed by atoms with Crippen molar-refractivity contribution in [1.82, 2.24) is 4.31 Å². The molecule has 108 valence electrons. The van der Waals surface area contributed by atoms with Crippen molar-refractivity contribution in [3.05, 3.63) is 24.3 Å². The molecule has 1 aromatic rings. The summed E-state index contributed by atoms with van der Waals surface area (Å²) < 4.78 is 30.8. The smallest absolute Gasteiger partial charge is 0.242 e. The van der Waals surface area contributed by atoms with Crippen LogP contribution in [0.2, 0.25) is 0 Å². The number of unbranched alkanes of at least 4 members (excludes halogenated alkanes) is 2. The molecule has 19 heavy (non-hydrogen) atoms. The summed E-state index contributed by atoms with van der Waals surface area (Å²) in [6.45, 7) is 0.601. The van der Waals surface area contributed by atoms with Crippen LogP contribution in [0.15, 0.2) is 29.2 Å². The minimum Gasteiger partial charge on any atom is -0.497 e. The third-order valence-corrected chi connectivity index (χ3v) is 4.77. The Hall–Kier alpha value is -1.11. The summed E-state index contributed by atoms with van der Waals surface area (Å²) in [5.41, 5.74) is 0. The first-order valence-electron chi connectivity index (χ1n) is 6.23. The van der Waals surface area contributed by atoms with Crippen molar-refractivity contribution in [2.45, 2.75) is 24.2 Å². The van der Waals surface area contributed by atoms with E-state index in [1.807, 2.05) is 0 Å². The molecule has 0 fully saturated rings. The van der Waals surface area contributed by atoms with E-state index in [2.05, 4.69) is 0 Å². The highest BCUT2D eigenvalue weighted by atomic mass is 32.2. The zero-order valence-corrected chi connectivity index (χ0v) is 12.2. The molecule has 0 aliphatic rings. The van der Waals surface area contributed by atoms with Crippen molar-refractivity contribution in [3.8, 4) is 5.75 Å². The average molecular weight is 287 g/mol. The molecular formula is C13H21NO4S. The molecule has 5 nitrogen and oxygen atoms in total. The average Bonchev–Trinajstić information content (AvgIpc) is 2.43. The van der Waals surface area contributed by atoms with Crippen LogP contribution < -0.4 is 4.74 Å². The topological polar surface area (TPSA) is 66.8 Å². The summed E-state index contributed by atoms with van der Waals surface area (Å²) in [6, 6.07) is 6.34. The summed E-state index contributed by atoms with van der Waals surface area (Å²) in [4.78, 5) is 0.262. The Kier molecular flexibility index (Phi) is 6.27. The number of nitrogens with zero attached hydrogens (tertiary/aromatic N) is 1. The zero-order valence-electron chi connectivity index (χ0n) is 11.4. The minimum absolute atomic E-state index is 0.148. The van der Waals surface area contributed by atoms with Gasteiger partial charge in [-0.25, -0.2) is 12.7 Å². The Morgan fingerprint density at radius 2 is 1.79 bits per heavy atom. The number of rotatable bonds is 8. The van der Waals surface area contributed by atoms with Crippen molar-refractivity contribution in [2.75, 3.05) is 27.3 Å². The molecule has 1 rings (SSSR count). The second-order valence-corrected chi connectivity index (χ2v) is 6.33. The lowest BCUT2D eigenvalue weighted by molar-refractivity contribution is 0.281. The Balaban J connectivity index is 2.67. The van der Waals surface area contributed by atoms with Crippen LogP contribution in [-0.4, -0.2) is 45.1 Å². The Morgan fingerprint density at radius 1 is 1.16 bits per heavy atom. The van der Waals surface area contributed by atoms with E-state index in [9.17, 15) is 8.42 Å². The van der Waals surface area contributed by atoms with Gasteiger partial charge in [-0.1, -0.05) is 0 Å². The fraction of sp³-hybridized carbons (Fsp3) is 0.538. The highest BCUT2D eigenvalue weighted by Gasteiger charge is 2.19. The van der Waals surface area contributed by atoms with E-state index >= 15 is 0 Å². The number of aliphatic hydroxyl groups excluding tert-OH is 1. The maximum absolute atomic E-state index is 12.2.